The van der Waals surface area contributed by atoms with Crippen LogP contribution in [-0.4, -0.2) is 24.0 Å². The van der Waals surface area contributed by atoms with Gasteiger partial charge in [-0.25, -0.2) is 0 Å². The van der Waals surface area contributed by atoms with Gasteiger partial charge in [-0.2, -0.15) is 0 Å². The van der Waals surface area contributed by atoms with Gasteiger partial charge >= 0.3 is 0 Å². The molecule has 2 aromatic rings. The zero-order valence-electron chi connectivity index (χ0n) is 13.8. The summed E-state index contributed by atoms with van der Waals surface area (Å²) in [4.78, 5) is 26.4. The normalized spacial score (nSPS) is 15.4. The van der Waals surface area contributed by atoms with Gasteiger partial charge in [0.2, 0.25) is 5.91 Å². The second kappa shape index (κ2) is 6.35. The minimum atomic E-state index is -0.940. The maximum atomic E-state index is 12.6. The Balaban J connectivity index is 1.72. The van der Waals surface area contributed by atoms with Crippen molar-refractivity contribution < 1.29 is 14.3 Å². The van der Waals surface area contributed by atoms with E-state index in [9.17, 15) is 9.59 Å². The van der Waals surface area contributed by atoms with Crippen LogP contribution in [0.3, 0.4) is 0 Å². The van der Waals surface area contributed by atoms with Crippen LogP contribution in [0.4, 0.5) is 11.4 Å². The van der Waals surface area contributed by atoms with Gasteiger partial charge in [0.1, 0.15) is 5.75 Å². The van der Waals surface area contributed by atoms with E-state index in [0.717, 1.165) is 5.69 Å². The van der Waals surface area contributed by atoms with Crippen molar-refractivity contribution in [3.8, 4) is 5.75 Å². The first kappa shape index (κ1) is 16.1. The minimum Gasteiger partial charge on any atom is -0.476 e. The van der Waals surface area contributed by atoms with Crippen molar-refractivity contribution in [3.63, 3.8) is 0 Å². The number of amides is 2. The molecule has 0 aliphatic carbocycles. The second-order valence-electron chi connectivity index (χ2n) is 6.20. The van der Waals surface area contributed by atoms with Gasteiger partial charge in [0, 0.05) is 18.7 Å². The Morgan fingerprint density at radius 1 is 1.08 bits per heavy atom. The Bertz CT molecular complexity index is 756. The maximum absolute atomic E-state index is 12.6. The average Bonchev–Trinajstić information content (AvgIpc) is 2.56. The van der Waals surface area contributed by atoms with E-state index in [0.29, 0.717) is 18.0 Å². The van der Waals surface area contributed by atoms with E-state index >= 15 is 0 Å². The highest BCUT2D eigenvalue weighted by Crippen LogP contribution is 2.37. The van der Waals surface area contributed by atoms with Crippen molar-refractivity contribution in [3.05, 3.63) is 54.6 Å². The van der Waals surface area contributed by atoms with Gasteiger partial charge < -0.3 is 15.0 Å². The molecule has 0 radical (unpaired) electrons. The Morgan fingerprint density at radius 3 is 2.50 bits per heavy atom. The first-order valence-electron chi connectivity index (χ1n) is 7.92. The number of hydrogen-bond donors (Lipinski definition) is 1. The smallest absolute Gasteiger partial charge is 0.270 e. The van der Waals surface area contributed by atoms with Crippen LogP contribution >= 0.6 is 0 Å². The monoisotopic (exact) mass is 324 g/mol. The van der Waals surface area contributed by atoms with Crippen molar-refractivity contribution in [2.75, 3.05) is 16.8 Å². The number of hydrogen-bond acceptors (Lipinski definition) is 3. The molecule has 1 aliphatic rings. The molecule has 0 saturated heterocycles. The molecule has 3 rings (SSSR count). The number of para-hydroxylation sites is 3. The first-order valence-corrected chi connectivity index (χ1v) is 7.92. The van der Waals surface area contributed by atoms with Crippen molar-refractivity contribution in [1.82, 2.24) is 0 Å². The fourth-order valence-electron chi connectivity index (χ4n) is 2.70. The van der Waals surface area contributed by atoms with Gasteiger partial charge in [0.05, 0.1) is 5.69 Å². The molecule has 1 N–H and O–H groups in total. The number of nitrogens with zero attached hydrogens (tertiary/aromatic N) is 1. The third-order valence-corrected chi connectivity index (χ3v) is 3.90. The summed E-state index contributed by atoms with van der Waals surface area (Å²) in [6.07, 6.45) is 0.213. The molecule has 2 amide bonds. The number of anilines is 2. The van der Waals surface area contributed by atoms with Gasteiger partial charge in [-0.1, -0.05) is 30.3 Å². The third-order valence-electron chi connectivity index (χ3n) is 3.90. The zero-order chi connectivity index (χ0) is 17.2. The summed E-state index contributed by atoms with van der Waals surface area (Å²) in [7, 11) is 0. The molecule has 5 heteroatoms. The van der Waals surface area contributed by atoms with Crippen LogP contribution in [0.1, 0.15) is 20.3 Å². The molecule has 2 aromatic carbocycles. The second-order valence-corrected chi connectivity index (χ2v) is 6.20. The van der Waals surface area contributed by atoms with Crippen molar-refractivity contribution in [1.29, 1.82) is 0 Å². The fraction of sp³-hybridized carbons (Fsp3) is 0.263. The van der Waals surface area contributed by atoms with Gasteiger partial charge in [-0.05, 0) is 38.1 Å². The molecule has 0 atom stereocenters. The van der Waals surface area contributed by atoms with Crippen LogP contribution in [0.2, 0.25) is 0 Å². The Labute approximate surface area is 141 Å². The largest absolute Gasteiger partial charge is 0.476 e. The molecule has 24 heavy (non-hydrogen) atoms. The molecule has 0 aromatic heterocycles. The van der Waals surface area contributed by atoms with Gasteiger partial charge in [-0.3, -0.25) is 9.59 Å². The van der Waals surface area contributed by atoms with Crippen molar-refractivity contribution in [2.45, 2.75) is 25.9 Å². The van der Waals surface area contributed by atoms with Gasteiger partial charge in [0.15, 0.2) is 5.60 Å². The van der Waals surface area contributed by atoms with E-state index in [1.54, 1.807) is 18.7 Å². The van der Waals surface area contributed by atoms with E-state index in [4.69, 9.17) is 4.74 Å². The number of nitrogens with one attached hydrogen (secondary N) is 1. The van der Waals surface area contributed by atoms with Crippen molar-refractivity contribution >= 4 is 23.2 Å². The lowest BCUT2D eigenvalue weighted by Gasteiger charge is -2.38. The Kier molecular flexibility index (Phi) is 4.25. The van der Waals surface area contributed by atoms with Crippen LogP contribution < -0.4 is 15.0 Å². The van der Waals surface area contributed by atoms with Gasteiger partial charge in [0.25, 0.3) is 5.91 Å². The number of rotatable bonds is 4. The number of carbonyl (C=O) groups is 2. The third kappa shape index (κ3) is 3.25. The number of benzene rings is 2. The van der Waals surface area contributed by atoms with E-state index in [-0.39, 0.29) is 18.2 Å². The molecular weight excluding hydrogens is 304 g/mol. The number of fused-ring (bicyclic) bond motifs is 1. The SMILES string of the molecule is CC1(C)Oc2ccccc2N(CCC(=O)Nc2ccccc2)C1=O. The number of carbonyl (C=O) groups excluding carboxylic acids is 2. The summed E-state index contributed by atoms with van der Waals surface area (Å²) < 4.78 is 5.77. The highest BCUT2D eigenvalue weighted by molar-refractivity contribution is 6.03. The van der Waals surface area contributed by atoms with E-state index in [1.807, 2.05) is 54.6 Å². The molecule has 0 fully saturated rings. The average molecular weight is 324 g/mol. The molecule has 1 heterocycles. The maximum Gasteiger partial charge on any atom is 0.270 e. The van der Waals surface area contributed by atoms with Crippen LogP contribution in [0.15, 0.2) is 54.6 Å². The predicted molar refractivity (Wildman–Crippen MR) is 93.2 cm³/mol. The molecule has 0 bridgehead atoms. The van der Waals surface area contributed by atoms with E-state index in [2.05, 4.69) is 5.32 Å². The Morgan fingerprint density at radius 2 is 1.75 bits per heavy atom. The lowest BCUT2D eigenvalue weighted by molar-refractivity contribution is -0.132. The number of ether oxygens (including phenoxy) is 1. The summed E-state index contributed by atoms with van der Waals surface area (Å²) in [5.41, 5.74) is 0.510. The van der Waals surface area contributed by atoms with E-state index in [1.165, 1.54) is 0 Å². The molecule has 1 aliphatic heterocycles. The molecule has 0 spiro atoms. The molecule has 124 valence electrons. The highest BCUT2D eigenvalue weighted by atomic mass is 16.5. The summed E-state index contributed by atoms with van der Waals surface area (Å²) in [5, 5.41) is 2.83. The molecule has 0 unspecified atom stereocenters. The highest BCUT2D eigenvalue weighted by Gasteiger charge is 2.40. The topological polar surface area (TPSA) is 58.6 Å². The standard InChI is InChI=1S/C19H20N2O3/c1-19(2)18(23)21(15-10-6-7-11-16(15)24-19)13-12-17(22)20-14-8-4-3-5-9-14/h3-11H,12-13H2,1-2H3,(H,20,22). The van der Waals surface area contributed by atoms with Crippen LogP contribution in [0.5, 0.6) is 5.75 Å². The summed E-state index contributed by atoms with van der Waals surface area (Å²) in [6, 6.07) is 16.7. The molecule has 0 saturated carbocycles. The summed E-state index contributed by atoms with van der Waals surface area (Å²) >= 11 is 0. The van der Waals surface area contributed by atoms with Crippen LogP contribution in [-0.2, 0) is 9.59 Å². The van der Waals surface area contributed by atoms with E-state index < -0.39 is 5.60 Å². The Hall–Kier alpha value is -2.82. The fourth-order valence-corrected chi connectivity index (χ4v) is 2.70. The summed E-state index contributed by atoms with van der Waals surface area (Å²) in [6.45, 7) is 3.78. The van der Waals surface area contributed by atoms with Crippen LogP contribution in [0.25, 0.3) is 0 Å². The van der Waals surface area contributed by atoms with Gasteiger partial charge in [-0.15, -0.1) is 0 Å². The summed E-state index contributed by atoms with van der Waals surface area (Å²) in [5.74, 6) is 0.384. The molecule has 5 nitrogen and oxygen atoms in total. The lowest BCUT2D eigenvalue weighted by atomic mass is 10.0. The minimum absolute atomic E-state index is 0.129. The molecular formula is C19H20N2O3. The predicted octanol–water partition coefficient (Wildman–Crippen LogP) is 3.22. The van der Waals surface area contributed by atoms with Crippen molar-refractivity contribution in [2.24, 2.45) is 0 Å². The van der Waals surface area contributed by atoms with Crippen LogP contribution in [0, 0.1) is 0 Å². The lowest BCUT2D eigenvalue weighted by Crippen LogP contribution is -2.53. The first-order chi connectivity index (χ1) is 11.5. The zero-order valence-corrected chi connectivity index (χ0v) is 13.8. The quantitative estimate of drug-likeness (QED) is 0.939.